The molecule has 24 heavy (non-hydrogen) atoms. The van der Waals surface area contributed by atoms with E-state index in [1.165, 1.54) is 11.1 Å². The number of nitrogens with two attached hydrogens (primary N) is 1. The minimum absolute atomic E-state index is 0.171. The molecule has 1 heterocycles. The predicted molar refractivity (Wildman–Crippen MR) is 92.3 cm³/mol. The standard InChI is InChI=1S/C18H23BrIN2O2/c1-22-16(21)11-20-18(24-22)15-9-13(19)4-3-12(15)10-17(18)7-5-14(23-2)6-8-17/h3-4,9,11,14H,5-8,10,21H2,1-2H3/q-1. The molecule has 1 unspecified atom stereocenters. The van der Waals surface area contributed by atoms with Gasteiger partial charge in [0, 0.05) is 0 Å². The van der Waals surface area contributed by atoms with Crippen LogP contribution in [0.4, 0.5) is 0 Å². The van der Waals surface area contributed by atoms with Gasteiger partial charge in [-0.15, -0.1) is 0 Å². The molecule has 1 saturated carbocycles. The number of rotatable bonds is 1. The van der Waals surface area contributed by atoms with Crippen LogP contribution in [0, 0.1) is 5.41 Å². The van der Waals surface area contributed by atoms with E-state index in [4.69, 9.17) is 15.3 Å². The third-order valence-corrected chi connectivity index (χ3v) is 10.0. The van der Waals surface area contributed by atoms with Crippen LogP contribution in [-0.4, -0.2) is 25.3 Å². The summed E-state index contributed by atoms with van der Waals surface area (Å²) in [4.78, 5) is 6.62. The molecule has 1 atom stereocenters. The summed E-state index contributed by atoms with van der Waals surface area (Å²) in [5.74, 6) is 0.748. The number of ether oxygens (including phenoxy) is 1. The van der Waals surface area contributed by atoms with Gasteiger partial charge in [0.25, 0.3) is 0 Å². The van der Waals surface area contributed by atoms with Crippen LogP contribution in [0.5, 0.6) is 0 Å². The summed E-state index contributed by atoms with van der Waals surface area (Å²) in [5, 5.41) is 1.78. The summed E-state index contributed by atoms with van der Waals surface area (Å²) in [6, 6.07) is 6.70. The second-order valence-corrected chi connectivity index (χ2v) is 10.7. The molecule has 1 fully saturated rings. The molecule has 2 N–H and O–H groups in total. The summed E-state index contributed by atoms with van der Waals surface area (Å²) in [6.45, 7) is 0. The Morgan fingerprint density at radius 1 is 1.38 bits per heavy atom. The van der Waals surface area contributed by atoms with Gasteiger partial charge >= 0.3 is 163 Å². The molecule has 6 heteroatoms. The fourth-order valence-corrected chi connectivity index (χ4v) is 8.58. The number of hydrogen-bond acceptors (Lipinski definition) is 4. The van der Waals surface area contributed by atoms with E-state index in [1.807, 2.05) is 14.2 Å². The average Bonchev–Trinajstić information content (AvgIpc) is 2.82. The number of fused-ring (bicyclic) bond motifs is 3. The van der Waals surface area contributed by atoms with Crippen LogP contribution in [0.3, 0.4) is 0 Å². The van der Waals surface area contributed by atoms with E-state index in [0.717, 1.165) is 42.4 Å². The van der Waals surface area contributed by atoms with Crippen molar-refractivity contribution < 1.29 is 30.8 Å². The first-order chi connectivity index (χ1) is 11.5. The molecular formula is C18H23BrIN2O2-. The molecule has 4 nitrogen and oxygen atoms in total. The number of methoxy groups -OCH3 is 1. The Hall–Kier alpha value is -0.310. The van der Waals surface area contributed by atoms with Gasteiger partial charge in [0.1, 0.15) is 0 Å². The summed E-state index contributed by atoms with van der Waals surface area (Å²) < 4.78 is 8.78. The van der Waals surface area contributed by atoms with Gasteiger partial charge in [-0.2, -0.15) is 0 Å². The van der Waals surface area contributed by atoms with Crippen molar-refractivity contribution in [3.05, 3.63) is 43.7 Å². The fraction of sp³-hybridized carbons (Fsp3) is 0.556. The van der Waals surface area contributed by atoms with Crippen LogP contribution < -0.4 is 26.9 Å². The zero-order valence-electron chi connectivity index (χ0n) is 14.0. The van der Waals surface area contributed by atoms with Gasteiger partial charge < -0.3 is 0 Å². The van der Waals surface area contributed by atoms with Crippen LogP contribution >= 0.6 is 15.9 Å². The molecule has 0 aromatic heterocycles. The molecule has 2 aliphatic carbocycles. The van der Waals surface area contributed by atoms with Gasteiger partial charge in [-0.05, 0) is 0 Å². The van der Waals surface area contributed by atoms with Gasteiger partial charge in [-0.1, -0.05) is 0 Å². The second-order valence-electron chi connectivity index (χ2n) is 7.02. The third kappa shape index (κ3) is 2.44. The van der Waals surface area contributed by atoms with Crippen molar-refractivity contribution in [2.45, 2.75) is 41.8 Å². The number of halogens is 2. The van der Waals surface area contributed by atoms with Crippen LogP contribution in [0.25, 0.3) is 0 Å². The molecule has 0 amide bonds. The number of alkyl halides is 1. The molecule has 1 aromatic carbocycles. The number of nitrogens with zero attached hydrogens (tertiary/aromatic N) is 1. The summed E-state index contributed by atoms with van der Waals surface area (Å²) in [6.07, 6.45) is 6.03. The van der Waals surface area contributed by atoms with Crippen molar-refractivity contribution in [2.24, 2.45) is 11.1 Å². The molecule has 3 aliphatic rings. The van der Waals surface area contributed by atoms with Crippen LogP contribution in [-0.2, 0) is 19.6 Å². The monoisotopic (exact) mass is 505 g/mol. The van der Waals surface area contributed by atoms with Gasteiger partial charge in [0.2, 0.25) is 0 Å². The van der Waals surface area contributed by atoms with Crippen molar-refractivity contribution in [2.75, 3.05) is 14.2 Å². The number of benzene rings is 1. The van der Waals surface area contributed by atoms with Crippen LogP contribution in [0.1, 0.15) is 36.8 Å². The number of hydroxylamine groups is 2. The molecule has 1 aliphatic heterocycles. The van der Waals surface area contributed by atoms with Crippen LogP contribution in [0.2, 0.25) is 0 Å². The Bertz CT molecular complexity index is 688. The van der Waals surface area contributed by atoms with E-state index >= 15 is 0 Å². The maximum absolute atomic E-state index is 6.62. The van der Waals surface area contributed by atoms with Crippen molar-refractivity contribution in [3.8, 4) is 0 Å². The van der Waals surface area contributed by atoms with Gasteiger partial charge in [0.05, 0.1) is 0 Å². The maximum atomic E-state index is 6.62. The SMILES string of the molecule is COC1CCC2(CC1)Cc1ccc(Br)cc1C21ON(C)C(N)=C[I-]1. The van der Waals surface area contributed by atoms with E-state index in [1.54, 1.807) is 5.06 Å². The van der Waals surface area contributed by atoms with Crippen molar-refractivity contribution >= 4 is 15.9 Å². The van der Waals surface area contributed by atoms with E-state index in [0.29, 0.717) is 6.10 Å². The van der Waals surface area contributed by atoms with Gasteiger partial charge in [-0.25, -0.2) is 0 Å². The molecule has 0 saturated heterocycles. The topological polar surface area (TPSA) is 47.7 Å². The zero-order valence-corrected chi connectivity index (χ0v) is 17.8. The molecule has 2 spiro atoms. The Labute approximate surface area is 162 Å². The fourth-order valence-electron chi connectivity index (χ4n) is 4.43. The van der Waals surface area contributed by atoms with Crippen LogP contribution in [0.15, 0.2) is 32.6 Å². The first kappa shape index (κ1) is 17.1. The Balaban J connectivity index is 1.81. The summed E-state index contributed by atoms with van der Waals surface area (Å²) >= 11 is 3.31. The van der Waals surface area contributed by atoms with E-state index in [2.05, 4.69) is 38.2 Å². The van der Waals surface area contributed by atoms with Crippen molar-refractivity contribution in [3.63, 3.8) is 0 Å². The Morgan fingerprint density at radius 3 is 2.79 bits per heavy atom. The molecule has 0 radical (unpaired) electrons. The molecule has 4 rings (SSSR count). The first-order valence-electron chi connectivity index (χ1n) is 8.34. The molecule has 132 valence electrons. The van der Waals surface area contributed by atoms with E-state index < -0.39 is 0 Å². The number of hydrogen-bond donors (Lipinski definition) is 1. The summed E-state index contributed by atoms with van der Waals surface area (Å²) in [5.41, 5.74) is 9.08. The van der Waals surface area contributed by atoms with E-state index in [-0.39, 0.29) is 30.2 Å². The molecular weight excluding hydrogens is 483 g/mol. The minimum atomic E-state index is -0.351. The Kier molecular flexibility index (Phi) is 4.38. The second kappa shape index (κ2) is 6.14. The van der Waals surface area contributed by atoms with Crippen molar-refractivity contribution in [1.82, 2.24) is 5.06 Å². The first-order valence-corrected chi connectivity index (χ1v) is 11.5. The molecule has 1 aromatic rings. The third-order valence-electron chi connectivity index (χ3n) is 5.80. The Morgan fingerprint density at radius 2 is 2.12 bits per heavy atom. The normalized spacial score (nSPS) is 35.7. The van der Waals surface area contributed by atoms with Gasteiger partial charge in [0.15, 0.2) is 0 Å². The molecule has 0 bridgehead atoms. The van der Waals surface area contributed by atoms with Gasteiger partial charge in [-0.3, -0.25) is 0 Å². The predicted octanol–water partition coefficient (Wildman–Crippen LogP) is 0.457. The van der Waals surface area contributed by atoms with Crippen molar-refractivity contribution in [1.29, 1.82) is 0 Å². The zero-order chi connectivity index (χ0) is 16.9. The summed E-state index contributed by atoms with van der Waals surface area (Å²) in [7, 11) is 3.77. The quantitative estimate of drug-likeness (QED) is 0.445. The van der Waals surface area contributed by atoms with E-state index in [9.17, 15) is 0 Å². The average molecular weight is 506 g/mol.